The van der Waals surface area contributed by atoms with Crippen LogP contribution in [0, 0.1) is 0 Å². The molecule has 1 amide bonds. The summed E-state index contributed by atoms with van der Waals surface area (Å²) in [5.74, 6) is -0.755. The summed E-state index contributed by atoms with van der Waals surface area (Å²) in [5.41, 5.74) is 1.43. The molecule has 1 aliphatic rings. The SMILES string of the molecule is O=C(CSS(=O)(=O)O)N1c2ccccc2Sc2ccccc21. The van der Waals surface area contributed by atoms with E-state index in [9.17, 15) is 13.2 Å². The minimum absolute atomic E-state index is 0.214. The molecule has 0 fully saturated rings. The molecule has 3 rings (SSSR count). The Bertz CT molecular complexity index is 790. The van der Waals surface area contributed by atoms with Gasteiger partial charge in [-0.3, -0.25) is 14.2 Å². The van der Waals surface area contributed by atoms with E-state index in [2.05, 4.69) is 0 Å². The van der Waals surface area contributed by atoms with E-state index in [0.29, 0.717) is 11.4 Å². The maximum atomic E-state index is 12.5. The van der Waals surface area contributed by atoms with Gasteiger partial charge in [-0.2, -0.15) is 8.42 Å². The van der Waals surface area contributed by atoms with Crippen molar-refractivity contribution < 1.29 is 17.8 Å². The zero-order valence-electron chi connectivity index (χ0n) is 11.2. The number of carbonyl (C=O) groups excluding carboxylic acids is 1. The van der Waals surface area contributed by atoms with Crippen molar-refractivity contribution in [2.24, 2.45) is 0 Å². The number of hydrogen-bond acceptors (Lipinski definition) is 5. The molecular formula is C14H11NO4S3. The Balaban J connectivity index is 2.01. The first-order chi connectivity index (χ1) is 10.5. The highest BCUT2D eigenvalue weighted by atomic mass is 33.1. The van der Waals surface area contributed by atoms with Crippen LogP contribution < -0.4 is 4.90 Å². The number of anilines is 2. The van der Waals surface area contributed by atoms with Crippen LogP contribution >= 0.6 is 22.6 Å². The van der Waals surface area contributed by atoms with Gasteiger partial charge in [-0.25, -0.2) is 0 Å². The fourth-order valence-electron chi connectivity index (χ4n) is 2.16. The first-order valence-electron chi connectivity index (χ1n) is 6.26. The number of rotatable bonds is 3. The largest absolute Gasteiger partial charge is 0.320 e. The summed E-state index contributed by atoms with van der Waals surface area (Å²) < 4.78 is 30.5. The van der Waals surface area contributed by atoms with Crippen molar-refractivity contribution in [2.45, 2.75) is 9.79 Å². The fraction of sp³-hybridized carbons (Fsp3) is 0.0714. The zero-order chi connectivity index (χ0) is 15.7. The summed E-state index contributed by atoms with van der Waals surface area (Å²) in [7, 11) is -4.03. The number of benzene rings is 2. The molecule has 0 unspecified atom stereocenters. The van der Waals surface area contributed by atoms with Crippen molar-refractivity contribution in [3.8, 4) is 0 Å². The molecule has 0 radical (unpaired) electrons. The van der Waals surface area contributed by atoms with Crippen molar-refractivity contribution in [1.29, 1.82) is 0 Å². The lowest BCUT2D eigenvalue weighted by Crippen LogP contribution is -2.30. The molecule has 0 aliphatic carbocycles. The van der Waals surface area contributed by atoms with E-state index >= 15 is 0 Å². The quantitative estimate of drug-likeness (QED) is 0.674. The number of para-hydroxylation sites is 2. The topological polar surface area (TPSA) is 74.7 Å². The van der Waals surface area contributed by atoms with Gasteiger partial charge in [0.1, 0.15) is 0 Å². The van der Waals surface area contributed by atoms with Gasteiger partial charge in [0, 0.05) is 20.6 Å². The van der Waals surface area contributed by atoms with Gasteiger partial charge >= 0.3 is 9.15 Å². The lowest BCUT2D eigenvalue weighted by molar-refractivity contribution is -0.115. The van der Waals surface area contributed by atoms with Crippen LogP contribution in [-0.4, -0.2) is 24.6 Å². The van der Waals surface area contributed by atoms with Crippen LogP contribution in [0.5, 0.6) is 0 Å². The molecule has 0 spiro atoms. The number of fused-ring (bicyclic) bond motifs is 2. The molecule has 0 saturated carbocycles. The molecule has 114 valence electrons. The second-order valence-corrected chi connectivity index (χ2v) is 8.89. The standard InChI is InChI=1S/C14H11NO4S3/c16-14(9-20-22(17,18)19)15-10-5-1-3-7-12(10)21-13-8-4-2-6-11(13)15/h1-8H,9H2,(H,17,18,19). The van der Waals surface area contributed by atoms with Crippen molar-refractivity contribution in [1.82, 2.24) is 0 Å². The first kappa shape index (κ1) is 15.4. The Morgan fingerprint density at radius 2 is 1.55 bits per heavy atom. The molecule has 22 heavy (non-hydrogen) atoms. The Hall–Kier alpha value is -1.48. The smallest absolute Gasteiger partial charge is 0.278 e. The zero-order valence-corrected chi connectivity index (χ0v) is 13.6. The van der Waals surface area contributed by atoms with Crippen LogP contribution in [0.2, 0.25) is 0 Å². The Morgan fingerprint density at radius 3 is 2.05 bits per heavy atom. The molecule has 5 nitrogen and oxygen atoms in total. The minimum atomic E-state index is -4.25. The van der Waals surface area contributed by atoms with Gasteiger partial charge in [-0.1, -0.05) is 36.0 Å². The third-order valence-electron chi connectivity index (χ3n) is 3.01. The number of hydrogen-bond donors (Lipinski definition) is 1. The van der Waals surface area contributed by atoms with Gasteiger partial charge in [0.05, 0.1) is 17.1 Å². The van der Waals surface area contributed by atoms with E-state index in [-0.39, 0.29) is 16.5 Å². The second-order valence-electron chi connectivity index (χ2n) is 4.46. The van der Waals surface area contributed by atoms with Crippen LogP contribution in [0.3, 0.4) is 0 Å². The maximum Gasteiger partial charge on any atom is 0.320 e. The lowest BCUT2D eigenvalue weighted by Gasteiger charge is -2.30. The van der Waals surface area contributed by atoms with Gasteiger partial charge in [-0.15, -0.1) is 0 Å². The van der Waals surface area contributed by atoms with Gasteiger partial charge in [0.15, 0.2) is 0 Å². The Kier molecular flexibility index (Phi) is 4.18. The summed E-state index contributed by atoms with van der Waals surface area (Å²) in [6, 6.07) is 14.9. The second kappa shape index (κ2) is 5.96. The highest BCUT2D eigenvalue weighted by Gasteiger charge is 2.28. The van der Waals surface area contributed by atoms with E-state index < -0.39 is 15.1 Å². The molecule has 1 N–H and O–H groups in total. The van der Waals surface area contributed by atoms with Crippen LogP contribution in [0.15, 0.2) is 58.3 Å². The Morgan fingerprint density at radius 1 is 1.05 bits per heavy atom. The van der Waals surface area contributed by atoms with Crippen molar-refractivity contribution in [3.63, 3.8) is 0 Å². The van der Waals surface area contributed by atoms with Crippen molar-refractivity contribution >= 4 is 49.0 Å². The van der Waals surface area contributed by atoms with Crippen LogP contribution in [0.25, 0.3) is 0 Å². The molecule has 8 heteroatoms. The predicted octanol–water partition coefficient (Wildman–Crippen LogP) is 3.35. The summed E-state index contributed by atoms with van der Waals surface area (Å²) in [6.07, 6.45) is 0. The third-order valence-corrected chi connectivity index (χ3v) is 6.05. The summed E-state index contributed by atoms with van der Waals surface area (Å²) in [6.45, 7) is 0. The lowest BCUT2D eigenvalue weighted by atomic mass is 10.2. The number of amides is 1. The van der Waals surface area contributed by atoms with E-state index in [0.717, 1.165) is 9.79 Å². The average Bonchev–Trinajstić information content (AvgIpc) is 2.49. The molecule has 0 saturated heterocycles. The molecule has 0 bridgehead atoms. The Labute approximate surface area is 135 Å². The van der Waals surface area contributed by atoms with E-state index in [1.165, 1.54) is 4.90 Å². The number of carbonyl (C=O) groups is 1. The van der Waals surface area contributed by atoms with E-state index in [4.69, 9.17) is 4.55 Å². The normalized spacial score (nSPS) is 13.4. The summed E-state index contributed by atoms with van der Waals surface area (Å²) in [5, 5.41) is 0. The molecule has 0 atom stereocenters. The summed E-state index contributed by atoms with van der Waals surface area (Å²) in [4.78, 5) is 15.8. The van der Waals surface area contributed by atoms with E-state index in [1.54, 1.807) is 11.8 Å². The molecule has 2 aromatic carbocycles. The average molecular weight is 353 g/mol. The third kappa shape index (κ3) is 3.14. The van der Waals surface area contributed by atoms with Gasteiger partial charge in [0.25, 0.3) is 0 Å². The van der Waals surface area contributed by atoms with Crippen molar-refractivity contribution in [3.05, 3.63) is 48.5 Å². The monoisotopic (exact) mass is 353 g/mol. The number of nitrogens with zero attached hydrogens (tertiary/aromatic N) is 1. The minimum Gasteiger partial charge on any atom is -0.278 e. The highest BCUT2D eigenvalue weighted by molar-refractivity contribution is 8.70. The molecule has 1 heterocycles. The molecule has 1 aliphatic heterocycles. The van der Waals surface area contributed by atoms with Crippen LogP contribution in [-0.2, 0) is 13.9 Å². The van der Waals surface area contributed by atoms with Crippen LogP contribution in [0.4, 0.5) is 11.4 Å². The van der Waals surface area contributed by atoms with E-state index in [1.807, 2.05) is 48.5 Å². The molecular weight excluding hydrogens is 342 g/mol. The molecule has 0 aromatic heterocycles. The van der Waals surface area contributed by atoms with Gasteiger partial charge in [0.2, 0.25) is 5.91 Å². The van der Waals surface area contributed by atoms with Gasteiger partial charge < -0.3 is 0 Å². The predicted molar refractivity (Wildman–Crippen MR) is 88.2 cm³/mol. The van der Waals surface area contributed by atoms with Crippen molar-refractivity contribution in [2.75, 3.05) is 10.7 Å². The molecule has 2 aromatic rings. The highest BCUT2D eigenvalue weighted by Crippen LogP contribution is 2.48. The first-order valence-corrected chi connectivity index (χ1v) is 10.0. The van der Waals surface area contributed by atoms with Crippen LogP contribution in [0.1, 0.15) is 0 Å². The van der Waals surface area contributed by atoms with Gasteiger partial charge in [-0.05, 0) is 24.3 Å². The fourth-order valence-corrected chi connectivity index (χ4v) is 4.35. The maximum absolute atomic E-state index is 12.5. The summed E-state index contributed by atoms with van der Waals surface area (Å²) >= 11 is 1.56.